The number of rotatable bonds is 8. The number of carbonyl (C=O) groups excluding carboxylic acids is 1. The minimum Gasteiger partial charge on any atom is -0.492 e. The Morgan fingerprint density at radius 1 is 1.26 bits per heavy atom. The zero-order chi connectivity index (χ0) is 14.1. The third kappa shape index (κ3) is 6.81. The SMILES string of the molecule is O=C(O)CCCNC(=O)CCOc1ccccc1Br. The fraction of sp³-hybridized carbons (Fsp3) is 0.385. The maximum Gasteiger partial charge on any atom is 0.303 e. The fourth-order valence-corrected chi connectivity index (χ4v) is 1.77. The quantitative estimate of drug-likeness (QED) is 0.717. The highest BCUT2D eigenvalue weighted by Crippen LogP contribution is 2.23. The molecule has 0 atom stereocenters. The van der Waals surface area contributed by atoms with Crippen LogP contribution in [0.2, 0.25) is 0 Å². The number of benzene rings is 1. The summed E-state index contributed by atoms with van der Waals surface area (Å²) in [7, 11) is 0. The number of nitrogens with one attached hydrogen (secondary N) is 1. The standard InChI is InChI=1S/C13H16BrNO4/c14-10-4-1-2-5-11(10)19-9-7-12(16)15-8-3-6-13(17)18/h1-2,4-5H,3,6-9H2,(H,15,16)(H,17,18). The van der Waals surface area contributed by atoms with E-state index in [1.807, 2.05) is 24.3 Å². The van der Waals surface area contributed by atoms with Crippen molar-refractivity contribution in [3.05, 3.63) is 28.7 Å². The van der Waals surface area contributed by atoms with E-state index >= 15 is 0 Å². The Labute approximate surface area is 120 Å². The van der Waals surface area contributed by atoms with Gasteiger partial charge in [0.15, 0.2) is 0 Å². The minimum absolute atomic E-state index is 0.0632. The lowest BCUT2D eigenvalue weighted by Gasteiger charge is -2.08. The molecule has 19 heavy (non-hydrogen) atoms. The summed E-state index contributed by atoms with van der Waals surface area (Å²) in [4.78, 5) is 21.7. The van der Waals surface area contributed by atoms with E-state index in [0.717, 1.165) is 4.47 Å². The highest BCUT2D eigenvalue weighted by molar-refractivity contribution is 9.10. The second-order valence-electron chi connectivity index (χ2n) is 3.88. The summed E-state index contributed by atoms with van der Waals surface area (Å²) in [6.07, 6.45) is 0.744. The molecular formula is C13H16BrNO4. The van der Waals surface area contributed by atoms with Crippen molar-refractivity contribution in [1.82, 2.24) is 5.32 Å². The van der Waals surface area contributed by atoms with E-state index in [0.29, 0.717) is 18.7 Å². The molecule has 104 valence electrons. The molecule has 0 spiro atoms. The number of carboxylic acid groups (broad SMARTS) is 1. The van der Waals surface area contributed by atoms with Gasteiger partial charge in [-0.25, -0.2) is 0 Å². The molecule has 1 aromatic rings. The predicted octanol–water partition coefficient (Wildman–Crippen LogP) is 2.20. The second-order valence-corrected chi connectivity index (χ2v) is 4.73. The van der Waals surface area contributed by atoms with E-state index in [1.165, 1.54) is 0 Å². The Balaban J connectivity index is 2.14. The average molecular weight is 330 g/mol. The van der Waals surface area contributed by atoms with Gasteiger partial charge in [0.25, 0.3) is 0 Å². The smallest absolute Gasteiger partial charge is 0.303 e. The molecule has 0 fully saturated rings. The summed E-state index contributed by atoms with van der Waals surface area (Å²) in [6.45, 7) is 0.660. The molecule has 0 radical (unpaired) electrons. The number of hydrogen-bond donors (Lipinski definition) is 2. The van der Waals surface area contributed by atoms with Gasteiger partial charge in [-0.3, -0.25) is 9.59 Å². The van der Waals surface area contributed by atoms with Crippen LogP contribution in [0, 0.1) is 0 Å². The number of carboxylic acids is 1. The topological polar surface area (TPSA) is 75.6 Å². The molecule has 0 aromatic heterocycles. The molecule has 6 heteroatoms. The molecule has 0 unspecified atom stereocenters. The summed E-state index contributed by atoms with van der Waals surface area (Å²) in [5.74, 6) is -0.301. The zero-order valence-corrected chi connectivity index (χ0v) is 12.0. The van der Waals surface area contributed by atoms with Gasteiger partial charge in [-0.05, 0) is 34.5 Å². The monoisotopic (exact) mass is 329 g/mol. The Hall–Kier alpha value is -1.56. The van der Waals surface area contributed by atoms with Crippen LogP contribution in [0.3, 0.4) is 0 Å². The maximum absolute atomic E-state index is 11.4. The molecule has 0 heterocycles. The van der Waals surface area contributed by atoms with E-state index in [1.54, 1.807) is 0 Å². The molecular weight excluding hydrogens is 314 g/mol. The number of halogens is 1. The van der Waals surface area contributed by atoms with Crippen LogP contribution < -0.4 is 10.1 Å². The van der Waals surface area contributed by atoms with Gasteiger partial charge in [0, 0.05) is 13.0 Å². The number of amides is 1. The molecule has 0 aliphatic rings. The molecule has 0 bridgehead atoms. The fourth-order valence-electron chi connectivity index (χ4n) is 1.37. The van der Waals surface area contributed by atoms with Crippen LogP contribution >= 0.6 is 15.9 Å². The van der Waals surface area contributed by atoms with Crippen LogP contribution in [-0.2, 0) is 9.59 Å². The zero-order valence-electron chi connectivity index (χ0n) is 10.4. The first-order valence-electron chi connectivity index (χ1n) is 5.95. The maximum atomic E-state index is 11.4. The van der Waals surface area contributed by atoms with Crippen molar-refractivity contribution in [2.45, 2.75) is 19.3 Å². The van der Waals surface area contributed by atoms with Crippen molar-refractivity contribution < 1.29 is 19.4 Å². The molecule has 0 saturated heterocycles. The van der Waals surface area contributed by atoms with E-state index in [9.17, 15) is 9.59 Å². The van der Waals surface area contributed by atoms with Gasteiger partial charge in [-0.1, -0.05) is 12.1 Å². The van der Waals surface area contributed by atoms with Crippen LogP contribution in [0.4, 0.5) is 0 Å². The first-order chi connectivity index (χ1) is 9.09. The summed E-state index contributed by atoms with van der Waals surface area (Å²) >= 11 is 3.35. The van der Waals surface area contributed by atoms with E-state index in [2.05, 4.69) is 21.2 Å². The van der Waals surface area contributed by atoms with Crippen molar-refractivity contribution in [3.63, 3.8) is 0 Å². The van der Waals surface area contributed by atoms with E-state index in [-0.39, 0.29) is 25.4 Å². The Morgan fingerprint density at radius 2 is 2.00 bits per heavy atom. The molecule has 0 aliphatic carbocycles. The molecule has 1 amide bonds. The van der Waals surface area contributed by atoms with Crippen molar-refractivity contribution in [3.8, 4) is 5.75 Å². The van der Waals surface area contributed by atoms with E-state index < -0.39 is 5.97 Å². The van der Waals surface area contributed by atoms with Gasteiger partial charge in [-0.15, -0.1) is 0 Å². The Bertz CT molecular complexity index is 436. The molecule has 1 rings (SSSR count). The van der Waals surface area contributed by atoms with Crippen molar-refractivity contribution in [1.29, 1.82) is 0 Å². The number of aliphatic carboxylic acids is 1. The number of carbonyl (C=O) groups is 2. The lowest BCUT2D eigenvalue weighted by Crippen LogP contribution is -2.26. The molecule has 0 aliphatic heterocycles. The lowest BCUT2D eigenvalue weighted by atomic mass is 10.3. The van der Waals surface area contributed by atoms with Crippen LogP contribution in [0.25, 0.3) is 0 Å². The summed E-state index contributed by atoms with van der Waals surface area (Å²) < 4.78 is 6.29. The summed E-state index contributed by atoms with van der Waals surface area (Å²) in [5.41, 5.74) is 0. The Kier molecular flexibility index (Phi) is 6.95. The largest absolute Gasteiger partial charge is 0.492 e. The van der Waals surface area contributed by atoms with Gasteiger partial charge in [-0.2, -0.15) is 0 Å². The number of ether oxygens (including phenoxy) is 1. The first-order valence-corrected chi connectivity index (χ1v) is 6.74. The van der Waals surface area contributed by atoms with Gasteiger partial charge in [0.05, 0.1) is 17.5 Å². The molecule has 5 nitrogen and oxygen atoms in total. The average Bonchev–Trinajstić information content (AvgIpc) is 2.37. The highest BCUT2D eigenvalue weighted by atomic mass is 79.9. The van der Waals surface area contributed by atoms with Gasteiger partial charge in [0.1, 0.15) is 5.75 Å². The van der Waals surface area contributed by atoms with Crippen LogP contribution in [0.15, 0.2) is 28.7 Å². The minimum atomic E-state index is -0.855. The Morgan fingerprint density at radius 3 is 2.68 bits per heavy atom. The van der Waals surface area contributed by atoms with Crippen LogP contribution in [0.5, 0.6) is 5.75 Å². The van der Waals surface area contributed by atoms with Crippen molar-refractivity contribution >= 4 is 27.8 Å². The summed E-state index contributed by atoms with van der Waals surface area (Å²) in [5, 5.41) is 11.1. The molecule has 0 saturated carbocycles. The van der Waals surface area contributed by atoms with Crippen molar-refractivity contribution in [2.75, 3.05) is 13.2 Å². The third-order valence-corrected chi connectivity index (χ3v) is 2.97. The van der Waals surface area contributed by atoms with Crippen molar-refractivity contribution in [2.24, 2.45) is 0 Å². The van der Waals surface area contributed by atoms with Crippen LogP contribution in [-0.4, -0.2) is 30.1 Å². The lowest BCUT2D eigenvalue weighted by molar-refractivity contribution is -0.137. The normalized spacial score (nSPS) is 9.95. The number of para-hydroxylation sites is 1. The molecule has 2 N–H and O–H groups in total. The van der Waals surface area contributed by atoms with Crippen LogP contribution in [0.1, 0.15) is 19.3 Å². The summed E-state index contributed by atoms with van der Waals surface area (Å²) in [6, 6.07) is 7.41. The second kappa shape index (κ2) is 8.53. The van der Waals surface area contributed by atoms with Gasteiger partial charge in [0.2, 0.25) is 5.91 Å². The van der Waals surface area contributed by atoms with Gasteiger partial charge < -0.3 is 15.2 Å². The van der Waals surface area contributed by atoms with Gasteiger partial charge >= 0.3 is 5.97 Å². The first kappa shape index (κ1) is 15.5. The highest BCUT2D eigenvalue weighted by Gasteiger charge is 2.04. The van der Waals surface area contributed by atoms with E-state index in [4.69, 9.17) is 9.84 Å². The third-order valence-electron chi connectivity index (χ3n) is 2.31. The predicted molar refractivity (Wildman–Crippen MR) is 74.1 cm³/mol. The molecule has 1 aromatic carbocycles. The number of hydrogen-bond acceptors (Lipinski definition) is 3.